The fraction of sp³-hybridized carbons (Fsp3) is 0.478. The van der Waals surface area contributed by atoms with Crippen molar-refractivity contribution in [3.8, 4) is 22.9 Å². The molecule has 0 atom stereocenters. The Labute approximate surface area is 372 Å². The van der Waals surface area contributed by atoms with E-state index in [0.717, 1.165) is 49.2 Å². The van der Waals surface area contributed by atoms with Gasteiger partial charge in [-0.2, -0.15) is 18.3 Å². The summed E-state index contributed by atoms with van der Waals surface area (Å²) in [4.78, 5) is 22.1. The van der Waals surface area contributed by atoms with Gasteiger partial charge in [-0.25, -0.2) is 27.5 Å². The number of nitrogens with two attached hydrogens (primary N) is 1. The summed E-state index contributed by atoms with van der Waals surface area (Å²) in [6.07, 6.45) is 5.06. The first kappa shape index (κ1) is 49.5. The lowest BCUT2D eigenvalue weighted by Crippen LogP contribution is -2.27. The first-order valence-electron chi connectivity index (χ1n) is 21.4. The van der Waals surface area contributed by atoms with Gasteiger partial charge in [0.2, 0.25) is 0 Å². The Morgan fingerprint density at radius 1 is 0.859 bits per heavy atom. The number of primary amides is 1. The monoisotopic (exact) mass is 913 g/mol. The normalized spacial score (nSPS) is 12.2. The molecule has 0 spiro atoms. The second kappa shape index (κ2) is 21.9. The van der Waals surface area contributed by atoms with Crippen LogP contribution in [0.1, 0.15) is 107 Å². The topological polar surface area (TPSA) is 164 Å². The predicted octanol–water partition coefficient (Wildman–Crippen LogP) is 10.2. The van der Waals surface area contributed by atoms with E-state index in [4.69, 9.17) is 19.9 Å². The number of nitrogens with one attached hydrogen (secondary N) is 1. The van der Waals surface area contributed by atoms with E-state index in [2.05, 4.69) is 41.2 Å². The number of unbranched alkanes of at least 4 members (excludes halogenated alkanes) is 8. The van der Waals surface area contributed by atoms with Gasteiger partial charge in [0, 0.05) is 25.8 Å². The minimum Gasteiger partial charge on any atom is -0.497 e. The molecule has 1 amide bonds. The fourth-order valence-corrected chi connectivity index (χ4v) is 8.60. The summed E-state index contributed by atoms with van der Waals surface area (Å²) < 4.78 is 104. The Hall–Kier alpha value is -5.49. The van der Waals surface area contributed by atoms with Crippen LogP contribution in [-0.2, 0) is 34.5 Å². The summed E-state index contributed by atoms with van der Waals surface area (Å²) in [6.45, 7) is 6.78. The zero-order valence-corrected chi connectivity index (χ0v) is 38.2. The van der Waals surface area contributed by atoms with Crippen LogP contribution >= 0.6 is 0 Å². The van der Waals surface area contributed by atoms with Crippen LogP contribution in [0.5, 0.6) is 11.5 Å². The minimum absolute atomic E-state index is 0.0133. The molecule has 64 heavy (non-hydrogen) atoms. The molecule has 0 unspecified atom stereocenters. The van der Waals surface area contributed by atoms with Gasteiger partial charge in [-0.15, -0.1) is 0 Å². The molecule has 2 heterocycles. The van der Waals surface area contributed by atoms with Crippen molar-refractivity contribution in [2.24, 2.45) is 11.1 Å². The van der Waals surface area contributed by atoms with Gasteiger partial charge in [-0.3, -0.25) is 9.10 Å². The Morgan fingerprint density at radius 3 is 2.12 bits per heavy atom. The van der Waals surface area contributed by atoms with E-state index in [0.29, 0.717) is 23.3 Å². The Bertz CT molecular complexity index is 2460. The van der Waals surface area contributed by atoms with E-state index in [1.54, 1.807) is 36.4 Å². The van der Waals surface area contributed by atoms with E-state index in [1.807, 2.05) is 0 Å². The molecule has 2 aromatic heterocycles. The van der Waals surface area contributed by atoms with Crippen molar-refractivity contribution < 1.29 is 45.0 Å². The zero-order chi connectivity index (χ0) is 46.7. The SMILES string of the molecule is COc1ccc(N(C)S(=O)(=O)c2ccccc2)c(CNc2nc(-c3cc(F)c(OC)cc3CC(F)(F)F)nc3c2c(C(N)=O)nn3COCCCCCCCCCCCC(C)(C)C)c1. The second-order valence-corrected chi connectivity index (χ2v) is 18.9. The van der Waals surface area contributed by atoms with Crippen LogP contribution in [0.4, 0.5) is 29.1 Å². The van der Waals surface area contributed by atoms with Gasteiger partial charge in [-0.05, 0) is 71.8 Å². The van der Waals surface area contributed by atoms with Crippen molar-refractivity contribution in [3.05, 3.63) is 83.3 Å². The largest absolute Gasteiger partial charge is 0.497 e. The van der Waals surface area contributed by atoms with Crippen LogP contribution in [-0.4, -0.2) is 68.1 Å². The zero-order valence-electron chi connectivity index (χ0n) is 37.4. The van der Waals surface area contributed by atoms with Gasteiger partial charge in [0.1, 0.15) is 18.3 Å². The van der Waals surface area contributed by atoms with E-state index < -0.39 is 40.1 Å². The molecule has 0 aliphatic heterocycles. The first-order valence-corrected chi connectivity index (χ1v) is 22.8. The lowest BCUT2D eigenvalue weighted by atomic mass is 9.89. The summed E-state index contributed by atoms with van der Waals surface area (Å²) in [6, 6.07) is 14.4. The molecule has 3 aromatic carbocycles. The van der Waals surface area contributed by atoms with Gasteiger partial charge in [0.25, 0.3) is 15.9 Å². The van der Waals surface area contributed by atoms with Gasteiger partial charge >= 0.3 is 6.18 Å². The molecule has 18 heteroatoms. The number of methoxy groups -OCH3 is 2. The van der Waals surface area contributed by atoms with Gasteiger partial charge < -0.3 is 25.3 Å². The molecule has 0 aliphatic carbocycles. The van der Waals surface area contributed by atoms with E-state index in [1.165, 1.54) is 69.5 Å². The number of amides is 1. The van der Waals surface area contributed by atoms with Crippen molar-refractivity contribution in [1.82, 2.24) is 19.7 Å². The number of carbonyl (C=O) groups is 1. The third kappa shape index (κ3) is 13.3. The molecule has 3 N–H and O–H groups in total. The van der Waals surface area contributed by atoms with Gasteiger partial charge in [0.05, 0.1) is 36.6 Å². The van der Waals surface area contributed by atoms with Crippen molar-refractivity contribution in [1.29, 1.82) is 0 Å². The molecule has 0 fully saturated rings. The number of alkyl halides is 3. The standard InChI is InChI=1S/C46H59F4N7O6S/c1-45(2,3)23-17-12-10-8-7-9-11-13-18-24-63-30-57-44-39(40(55-57)41(51)58)43(53-42(54-44)35-27-36(47)38(62-6)26-31(35)28-46(48,49)50)52-29-32-25-33(61-5)21-22-37(32)56(4)64(59,60)34-19-15-14-16-20-34/h14-16,19-22,25-27H,7-13,17-18,23-24,28-30H2,1-6H3,(H2,51,58)(H,52,53,54). The molecule has 13 nitrogen and oxygen atoms in total. The highest BCUT2D eigenvalue weighted by Crippen LogP contribution is 2.37. The number of aromatic nitrogens is 4. The second-order valence-electron chi connectivity index (χ2n) is 16.9. The summed E-state index contributed by atoms with van der Waals surface area (Å²) in [5, 5.41) is 7.53. The number of rotatable bonds is 24. The van der Waals surface area contributed by atoms with Crippen LogP contribution in [0.3, 0.4) is 0 Å². The van der Waals surface area contributed by atoms with Gasteiger partial charge in [0.15, 0.2) is 28.7 Å². The third-order valence-electron chi connectivity index (χ3n) is 10.7. The number of hydrogen-bond acceptors (Lipinski definition) is 10. The van der Waals surface area contributed by atoms with Gasteiger partial charge in [-0.1, -0.05) is 90.3 Å². The van der Waals surface area contributed by atoms with Crippen molar-refractivity contribution in [2.75, 3.05) is 37.5 Å². The summed E-state index contributed by atoms with van der Waals surface area (Å²) in [7, 11) is -0.0869. The van der Waals surface area contributed by atoms with Crippen LogP contribution < -0.4 is 24.8 Å². The van der Waals surface area contributed by atoms with Crippen molar-refractivity contribution in [2.45, 2.75) is 116 Å². The number of hydrogen-bond donors (Lipinski definition) is 2. The molecule has 0 bridgehead atoms. The number of anilines is 2. The Morgan fingerprint density at radius 2 is 1.52 bits per heavy atom. The van der Waals surface area contributed by atoms with Crippen molar-refractivity contribution in [3.63, 3.8) is 0 Å². The highest BCUT2D eigenvalue weighted by Gasteiger charge is 2.32. The number of halogens is 4. The van der Waals surface area contributed by atoms with Crippen LogP contribution in [0.25, 0.3) is 22.4 Å². The van der Waals surface area contributed by atoms with E-state index in [-0.39, 0.29) is 63.4 Å². The summed E-state index contributed by atoms with van der Waals surface area (Å²) >= 11 is 0. The molecule has 0 saturated heterocycles. The molecule has 0 saturated carbocycles. The highest BCUT2D eigenvalue weighted by molar-refractivity contribution is 7.92. The summed E-state index contributed by atoms with van der Waals surface area (Å²) in [5.74, 6) is -2.39. The molecule has 5 aromatic rings. The maximum atomic E-state index is 15.3. The number of benzene rings is 3. The molecule has 5 rings (SSSR count). The first-order chi connectivity index (χ1) is 30.3. The highest BCUT2D eigenvalue weighted by atomic mass is 32.2. The molecule has 348 valence electrons. The number of ether oxygens (including phenoxy) is 3. The van der Waals surface area contributed by atoms with Crippen LogP contribution in [0.2, 0.25) is 0 Å². The lowest BCUT2D eigenvalue weighted by Gasteiger charge is -2.23. The average molecular weight is 914 g/mol. The third-order valence-corrected chi connectivity index (χ3v) is 12.5. The lowest BCUT2D eigenvalue weighted by molar-refractivity contribution is -0.127. The Kier molecular flexibility index (Phi) is 17.0. The fourth-order valence-electron chi connectivity index (χ4n) is 7.35. The number of fused-ring (bicyclic) bond motifs is 1. The number of carbonyl (C=O) groups excluding carboxylic acids is 1. The molecular formula is C46H59F4N7O6S. The van der Waals surface area contributed by atoms with Crippen LogP contribution in [0.15, 0.2) is 65.6 Å². The van der Waals surface area contributed by atoms with E-state index >= 15 is 4.39 Å². The van der Waals surface area contributed by atoms with Crippen LogP contribution in [0, 0.1) is 11.2 Å². The Balaban J connectivity index is 1.46. The smallest absolute Gasteiger partial charge is 0.393 e. The predicted molar refractivity (Wildman–Crippen MR) is 239 cm³/mol. The minimum atomic E-state index is -4.71. The number of sulfonamides is 1. The quantitative estimate of drug-likeness (QED) is 0.0450. The molecule has 0 radical (unpaired) electrons. The maximum absolute atomic E-state index is 15.3. The summed E-state index contributed by atoms with van der Waals surface area (Å²) in [5.41, 5.74) is 5.86. The molecule has 0 aliphatic rings. The maximum Gasteiger partial charge on any atom is 0.393 e. The number of nitrogens with zero attached hydrogens (tertiary/aromatic N) is 5. The molecular weight excluding hydrogens is 855 g/mol. The van der Waals surface area contributed by atoms with Crippen molar-refractivity contribution >= 4 is 38.5 Å². The van der Waals surface area contributed by atoms with E-state index in [9.17, 15) is 26.4 Å². The average Bonchev–Trinajstić information content (AvgIpc) is 3.62.